The maximum atomic E-state index is 13.7. The Morgan fingerprint density at radius 2 is 2.06 bits per heavy atom. The monoisotopic (exact) mass is 498 g/mol. The van der Waals surface area contributed by atoms with E-state index in [-0.39, 0.29) is 32.3 Å². The molecule has 0 aliphatic carbocycles. The van der Waals surface area contributed by atoms with E-state index in [0.29, 0.717) is 23.6 Å². The molecule has 0 fully saturated rings. The van der Waals surface area contributed by atoms with Gasteiger partial charge in [-0.25, -0.2) is 27.4 Å². The number of sulfonamides is 1. The lowest BCUT2D eigenvalue weighted by Crippen LogP contribution is -2.59. The minimum atomic E-state index is -3.95. The Morgan fingerprint density at radius 1 is 1.35 bits per heavy atom. The van der Waals surface area contributed by atoms with Gasteiger partial charge in [0.1, 0.15) is 28.9 Å². The second-order valence-corrected chi connectivity index (χ2v) is 11.5. The molecular weight excluding hydrogens is 464 g/mol. The first kappa shape index (κ1) is 26.0. The van der Waals surface area contributed by atoms with E-state index in [1.807, 2.05) is 0 Å². The average Bonchev–Trinajstić information content (AvgIpc) is 2.87. The van der Waals surface area contributed by atoms with Crippen LogP contribution in [0.1, 0.15) is 39.7 Å². The highest BCUT2D eigenvalue weighted by atomic mass is 32.2. The van der Waals surface area contributed by atoms with Crippen LogP contribution in [0.3, 0.4) is 0 Å². The Balaban J connectivity index is 2.15. The fourth-order valence-electron chi connectivity index (χ4n) is 3.99. The van der Waals surface area contributed by atoms with E-state index in [4.69, 9.17) is 29.7 Å². The molecule has 34 heavy (non-hydrogen) atoms. The highest BCUT2D eigenvalue weighted by Gasteiger charge is 2.54. The van der Waals surface area contributed by atoms with Crippen molar-refractivity contribution >= 4 is 27.8 Å². The summed E-state index contributed by atoms with van der Waals surface area (Å²) in [6.45, 7) is 7.28. The van der Waals surface area contributed by atoms with Gasteiger partial charge in [0, 0.05) is 31.8 Å². The van der Waals surface area contributed by atoms with Crippen LogP contribution in [-0.2, 0) is 29.8 Å². The fourth-order valence-corrected chi connectivity index (χ4v) is 5.89. The molecule has 2 aliphatic rings. The summed E-state index contributed by atoms with van der Waals surface area (Å²) in [5.74, 6) is 0.392. The zero-order chi connectivity index (χ0) is 25.3. The summed E-state index contributed by atoms with van der Waals surface area (Å²) in [5, 5.41) is -0.924. The summed E-state index contributed by atoms with van der Waals surface area (Å²) in [5.41, 5.74) is 4.93. The van der Waals surface area contributed by atoms with Crippen LogP contribution in [0.15, 0.2) is 23.2 Å². The Kier molecular flexibility index (Phi) is 7.34. The lowest BCUT2D eigenvalue weighted by atomic mass is 9.87. The van der Waals surface area contributed by atoms with Gasteiger partial charge in [-0.3, -0.25) is 0 Å². The molecule has 2 atom stereocenters. The van der Waals surface area contributed by atoms with Crippen LogP contribution in [0.2, 0.25) is 0 Å². The number of methoxy groups -OCH3 is 1. The summed E-state index contributed by atoms with van der Waals surface area (Å²) in [4.78, 5) is 19.1. The number of hydrogen-bond donors (Lipinski definition) is 1. The van der Waals surface area contributed by atoms with E-state index in [1.165, 1.54) is 14.2 Å². The Hall–Kier alpha value is -2.57. The van der Waals surface area contributed by atoms with E-state index in [9.17, 15) is 13.2 Å². The van der Waals surface area contributed by atoms with Crippen LogP contribution in [-0.4, -0.2) is 81.2 Å². The fraction of sp³-hybridized carbons (Fsp3) is 0.636. The molecule has 0 radical (unpaired) electrons. The molecule has 190 valence electrons. The molecule has 0 saturated carbocycles. The first-order chi connectivity index (χ1) is 15.8. The largest absolute Gasteiger partial charge is 0.493 e. The number of carbonyl (C=O) groups excluding carboxylic acids is 1. The zero-order valence-electron chi connectivity index (χ0n) is 20.5. The second kappa shape index (κ2) is 9.59. The Bertz CT molecular complexity index is 1050. The molecule has 1 unspecified atom stereocenters. The smallest absolute Gasteiger partial charge is 0.419 e. The van der Waals surface area contributed by atoms with E-state index in [1.54, 1.807) is 45.9 Å². The summed E-state index contributed by atoms with van der Waals surface area (Å²) >= 11 is 0. The molecule has 2 N–H and O–H groups in total. The Labute approximate surface area is 200 Å². The number of guanidine groups is 1. The lowest BCUT2D eigenvalue weighted by Gasteiger charge is -2.43. The summed E-state index contributed by atoms with van der Waals surface area (Å²) in [6, 6.07) is 5.06. The van der Waals surface area contributed by atoms with Gasteiger partial charge in [-0.15, -0.1) is 0 Å². The van der Waals surface area contributed by atoms with Gasteiger partial charge in [-0.1, -0.05) is 0 Å². The summed E-state index contributed by atoms with van der Waals surface area (Å²) < 4.78 is 50.4. The first-order valence-corrected chi connectivity index (χ1v) is 12.5. The van der Waals surface area contributed by atoms with Crippen LogP contribution >= 0.6 is 0 Å². The number of ether oxygens (including phenoxy) is 4. The van der Waals surface area contributed by atoms with Gasteiger partial charge >= 0.3 is 6.09 Å². The van der Waals surface area contributed by atoms with Crippen molar-refractivity contribution < 1.29 is 32.2 Å². The van der Waals surface area contributed by atoms with Crippen molar-refractivity contribution in [3.05, 3.63) is 23.8 Å². The van der Waals surface area contributed by atoms with Crippen LogP contribution in [0.4, 0.5) is 10.5 Å². The van der Waals surface area contributed by atoms with Crippen molar-refractivity contribution in [2.75, 3.05) is 46.4 Å². The van der Waals surface area contributed by atoms with Gasteiger partial charge in [0.2, 0.25) is 16.0 Å². The lowest BCUT2D eigenvalue weighted by molar-refractivity contribution is -0.00422. The van der Waals surface area contributed by atoms with Crippen molar-refractivity contribution in [2.45, 2.75) is 50.5 Å². The quantitative estimate of drug-likeness (QED) is 0.371. The zero-order valence-corrected chi connectivity index (χ0v) is 21.3. The number of fused-ring (bicyclic) bond motifs is 3. The minimum absolute atomic E-state index is 0.110. The van der Waals surface area contributed by atoms with Crippen LogP contribution in [0, 0.1) is 0 Å². The molecule has 1 aromatic carbocycles. The van der Waals surface area contributed by atoms with Gasteiger partial charge in [0.05, 0.1) is 19.8 Å². The molecule has 0 aromatic heterocycles. The van der Waals surface area contributed by atoms with E-state index in [2.05, 4.69) is 0 Å². The molecular formula is C22H34N4O7S. The molecule has 11 nitrogen and oxygen atoms in total. The molecule has 12 heteroatoms. The molecule has 0 bridgehead atoms. The maximum absolute atomic E-state index is 13.7. The third-order valence-electron chi connectivity index (χ3n) is 5.68. The molecule has 1 aromatic rings. The number of rotatable bonds is 5. The van der Waals surface area contributed by atoms with Crippen molar-refractivity contribution in [3.8, 4) is 5.75 Å². The molecule has 0 spiro atoms. The topological polar surface area (TPSA) is 133 Å². The average molecular weight is 499 g/mol. The summed E-state index contributed by atoms with van der Waals surface area (Å²) in [7, 11) is -1.06. The normalized spacial score (nSPS) is 23.6. The van der Waals surface area contributed by atoms with Crippen LogP contribution in [0.25, 0.3) is 0 Å². The predicted molar refractivity (Wildman–Crippen MR) is 127 cm³/mol. The number of aliphatic imine (C=N–C) groups is 1. The number of nitrogen functional groups attached to an aromatic ring is 1. The highest BCUT2D eigenvalue weighted by Crippen LogP contribution is 2.46. The van der Waals surface area contributed by atoms with Crippen molar-refractivity contribution in [1.82, 2.24) is 9.21 Å². The maximum Gasteiger partial charge on any atom is 0.419 e. The SMILES string of the molecule is COCCOCN(C(=O)OC(C)(C)C)C1=N[C@]2(C)c3cc(N)ccc3OCCC2S(=O)(=O)N1C. The van der Waals surface area contributed by atoms with E-state index >= 15 is 0 Å². The minimum Gasteiger partial charge on any atom is -0.493 e. The molecule has 3 rings (SSSR count). The van der Waals surface area contributed by atoms with Gasteiger partial charge in [0.15, 0.2) is 0 Å². The number of nitrogens with zero attached hydrogens (tertiary/aromatic N) is 3. The van der Waals surface area contributed by atoms with Crippen molar-refractivity contribution in [2.24, 2.45) is 4.99 Å². The van der Waals surface area contributed by atoms with Crippen LogP contribution in [0.5, 0.6) is 5.75 Å². The number of anilines is 1. The van der Waals surface area contributed by atoms with E-state index < -0.39 is 32.5 Å². The molecule has 0 saturated heterocycles. The predicted octanol–water partition coefficient (Wildman–Crippen LogP) is 2.12. The van der Waals surface area contributed by atoms with E-state index in [0.717, 1.165) is 9.21 Å². The van der Waals surface area contributed by atoms with Gasteiger partial charge in [-0.2, -0.15) is 0 Å². The van der Waals surface area contributed by atoms with Crippen molar-refractivity contribution in [1.29, 1.82) is 0 Å². The third kappa shape index (κ3) is 5.08. The highest BCUT2D eigenvalue weighted by molar-refractivity contribution is 7.90. The first-order valence-electron chi connectivity index (χ1n) is 11.0. The number of amides is 1. The van der Waals surface area contributed by atoms with Gasteiger partial charge in [-0.05, 0) is 45.9 Å². The van der Waals surface area contributed by atoms with Crippen LogP contribution < -0.4 is 10.5 Å². The van der Waals surface area contributed by atoms with Crippen molar-refractivity contribution in [3.63, 3.8) is 0 Å². The number of hydrogen-bond acceptors (Lipinski definition) is 9. The molecule has 2 heterocycles. The number of nitrogens with two attached hydrogens (primary N) is 1. The third-order valence-corrected chi connectivity index (χ3v) is 8.02. The number of carbonyl (C=O) groups is 1. The summed E-state index contributed by atoms with van der Waals surface area (Å²) in [6.07, 6.45) is -0.573. The standard InChI is InChI=1S/C22H34N4O7S/c1-21(2,3)33-20(27)26(14-31-12-11-30-6)19-24-22(4)16-13-15(23)7-8-17(16)32-10-9-18(22)34(28,29)25(19)5/h7-8,13,18H,9-12,14,23H2,1-6H3/t18?,22-/m1/s1. The Morgan fingerprint density at radius 3 is 2.71 bits per heavy atom. The van der Waals surface area contributed by atoms with Gasteiger partial charge in [0.25, 0.3) is 0 Å². The molecule has 2 aliphatic heterocycles. The second-order valence-electron chi connectivity index (χ2n) is 9.39. The number of benzene rings is 1. The molecule has 1 amide bonds. The van der Waals surface area contributed by atoms with Gasteiger partial charge < -0.3 is 24.7 Å².